The van der Waals surface area contributed by atoms with Crippen molar-refractivity contribution in [3.05, 3.63) is 38.9 Å². The highest BCUT2D eigenvalue weighted by Crippen LogP contribution is 2.22. The first kappa shape index (κ1) is 16.7. The van der Waals surface area contributed by atoms with Gasteiger partial charge in [0.05, 0.1) is 4.92 Å². The van der Waals surface area contributed by atoms with Gasteiger partial charge in [-0.1, -0.05) is 11.6 Å². The van der Waals surface area contributed by atoms with Crippen LogP contribution in [0.1, 0.15) is 17.3 Å². The van der Waals surface area contributed by atoms with E-state index < -0.39 is 4.92 Å². The van der Waals surface area contributed by atoms with E-state index in [1.807, 2.05) is 6.92 Å². The molecule has 1 atom stereocenters. The Morgan fingerprint density at radius 1 is 1.50 bits per heavy atom. The summed E-state index contributed by atoms with van der Waals surface area (Å²) in [6.45, 7) is 3.95. The van der Waals surface area contributed by atoms with Gasteiger partial charge in [-0.05, 0) is 13.0 Å². The van der Waals surface area contributed by atoms with Crippen LogP contribution in [0.15, 0.2) is 18.2 Å². The fourth-order valence-electron chi connectivity index (χ4n) is 2.11. The normalized spacial score (nSPS) is 18.3. The third-order valence-corrected chi connectivity index (χ3v) is 3.32. The minimum atomic E-state index is -0.552. The van der Waals surface area contributed by atoms with Gasteiger partial charge in [0.25, 0.3) is 11.6 Å². The Morgan fingerprint density at radius 3 is 2.80 bits per heavy atom. The molecule has 0 aliphatic carbocycles. The lowest BCUT2D eigenvalue weighted by Crippen LogP contribution is -2.52. The van der Waals surface area contributed by atoms with E-state index in [9.17, 15) is 14.9 Å². The number of non-ortho nitro benzene ring substituents is 1. The Bertz CT molecular complexity index is 525. The first-order chi connectivity index (χ1) is 8.99. The summed E-state index contributed by atoms with van der Waals surface area (Å²) >= 11 is 5.83. The molecule has 0 spiro atoms. The monoisotopic (exact) mass is 319 g/mol. The fraction of sp³-hybridized carbons (Fsp3) is 0.417. The second kappa shape index (κ2) is 6.88. The van der Waals surface area contributed by atoms with E-state index in [-0.39, 0.29) is 40.6 Å². The molecular formula is C12H15Cl2N3O3. The van der Waals surface area contributed by atoms with Crippen LogP contribution in [-0.4, -0.2) is 41.4 Å². The fourth-order valence-corrected chi connectivity index (χ4v) is 2.34. The summed E-state index contributed by atoms with van der Waals surface area (Å²) in [4.78, 5) is 24.3. The van der Waals surface area contributed by atoms with Gasteiger partial charge in [-0.15, -0.1) is 12.4 Å². The van der Waals surface area contributed by atoms with Gasteiger partial charge in [-0.25, -0.2) is 0 Å². The Labute approximate surface area is 127 Å². The van der Waals surface area contributed by atoms with E-state index in [1.54, 1.807) is 4.90 Å². The second-order valence-corrected chi connectivity index (χ2v) is 4.94. The lowest BCUT2D eigenvalue weighted by atomic mass is 10.1. The molecule has 1 heterocycles. The van der Waals surface area contributed by atoms with Gasteiger partial charge in [-0.2, -0.15) is 0 Å². The number of nitrogens with one attached hydrogen (secondary N) is 1. The van der Waals surface area contributed by atoms with Crippen molar-refractivity contribution in [2.45, 2.75) is 13.0 Å². The number of hydrogen-bond donors (Lipinski definition) is 1. The van der Waals surface area contributed by atoms with Crippen LogP contribution in [0.2, 0.25) is 5.02 Å². The molecular weight excluding hydrogens is 305 g/mol. The number of nitro groups is 1. The Kier molecular flexibility index (Phi) is 5.74. The summed E-state index contributed by atoms with van der Waals surface area (Å²) in [6, 6.07) is 4.02. The molecule has 1 aliphatic heterocycles. The zero-order valence-corrected chi connectivity index (χ0v) is 12.4. The van der Waals surface area contributed by atoms with Crippen LogP contribution in [0, 0.1) is 10.1 Å². The highest BCUT2D eigenvalue weighted by Gasteiger charge is 2.25. The SMILES string of the molecule is CC1CNCCN1C(=O)c1cc(Cl)cc([N+](=O)[O-])c1.Cl. The molecule has 6 nitrogen and oxygen atoms in total. The van der Waals surface area contributed by atoms with Crippen molar-refractivity contribution in [2.75, 3.05) is 19.6 Å². The standard InChI is InChI=1S/C12H14ClN3O3.ClH/c1-8-7-14-2-3-15(8)12(17)9-4-10(13)6-11(5-9)16(18)19;/h4-6,8,14H,2-3,7H2,1H3;1H. The van der Waals surface area contributed by atoms with Crippen LogP contribution >= 0.6 is 24.0 Å². The van der Waals surface area contributed by atoms with Crippen molar-refractivity contribution in [1.29, 1.82) is 0 Å². The number of amides is 1. The largest absolute Gasteiger partial charge is 0.333 e. The predicted octanol–water partition coefficient (Wildman–Crippen LogP) is 2.10. The summed E-state index contributed by atoms with van der Waals surface area (Å²) in [5.41, 5.74) is 0.0894. The van der Waals surface area contributed by atoms with Gasteiger partial charge in [0.1, 0.15) is 0 Å². The highest BCUT2D eigenvalue weighted by atomic mass is 35.5. The molecule has 1 aromatic carbocycles. The van der Waals surface area contributed by atoms with E-state index in [0.717, 1.165) is 6.54 Å². The topological polar surface area (TPSA) is 75.5 Å². The van der Waals surface area contributed by atoms with E-state index >= 15 is 0 Å². The van der Waals surface area contributed by atoms with Crippen LogP contribution in [0.4, 0.5) is 5.69 Å². The zero-order valence-electron chi connectivity index (χ0n) is 10.8. The van der Waals surface area contributed by atoms with Gasteiger partial charge >= 0.3 is 0 Å². The minimum Gasteiger partial charge on any atom is -0.333 e. The van der Waals surface area contributed by atoms with Crippen molar-refractivity contribution in [1.82, 2.24) is 10.2 Å². The summed E-state index contributed by atoms with van der Waals surface area (Å²) in [7, 11) is 0. The minimum absolute atomic E-state index is 0. The lowest BCUT2D eigenvalue weighted by molar-refractivity contribution is -0.384. The first-order valence-electron chi connectivity index (χ1n) is 5.95. The average Bonchev–Trinajstić information content (AvgIpc) is 2.37. The molecule has 1 aromatic rings. The van der Waals surface area contributed by atoms with Crippen molar-refractivity contribution in [2.24, 2.45) is 0 Å². The third kappa shape index (κ3) is 3.59. The molecule has 1 fully saturated rings. The molecule has 1 amide bonds. The maximum Gasteiger partial charge on any atom is 0.271 e. The van der Waals surface area contributed by atoms with Crippen LogP contribution in [0.25, 0.3) is 0 Å². The first-order valence-corrected chi connectivity index (χ1v) is 6.33. The Morgan fingerprint density at radius 2 is 2.20 bits per heavy atom. The van der Waals surface area contributed by atoms with Crippen LogP contribution in [-0.2, 0) is 0 Å². The van der Waals surface area contributed by atoms with Gasteiger partial charge in [0, 0.05) is 48.4 Å². The van der Waals surface area contributed by atoms with Crippen molar-refractivity contribution in [3.63, 3.8) is 0 Å². The van der Waals surface area contributed by atoms with Crippen molar-refractivity contribution >= 4 is 35.6 Å². The number of nitro benzene ring substituents is 1. The van der Waals surface area contributed by atoms with Crippen LogP contribution in [0.3, 0.4) is 0 Å². The number of nitrogens with zero attached hydrogens (tertiary/aromatic N) is 2. The van der Waals surface area contributed by atoms with Crippen molar-refractivity contribution in [3.8, 4) is 0 Å². The number of halogens is 2. The molecule has 0 aromatic heterocycles. The molecule has 0 radical (unpaired) electrons. The third-order valence-electron chi connectivity index (χ3n) is 3.10. The van der Waals surface area contributed by atoms with Gasteiger partial charge in [0.2, 0.25) is 0 Å². The zero-order chi connectivity index (χ0) is 14.0. The second-order valence-electron chi connectivity index (χ2n) is 4.51. The molecule has 0 bridgehead atoms. The van der Waals surface area contributed by atoms with E-state index in [1.165, 1.54) is 18.2 Å². The molecule has 110 valence electrons. The quantitative estimate of drug-likeness (QED) is 0.669. The number of hydrogen-bond acceptors (Lipinski definition) is 4. The summed E-state index contributed by atoms with van der Waals surface area (Å²) in [5, 5.41) is 14.2. The molecule has 1 saturated heterocycles. The van der Waals surface area contributed by atoms with E-state index in [2.05, 4.69) is 5.32 Å². The molecule has 1 aliphatic rings. The summed E-state index contributed by atoms with van der Waals surface area (Å²) < 4.78 is 0. The number of rotatable bonds is 2. The maximum absolute atomic E-state index is 12.4. The average molecular weight is 320 g/mol. The smallest absolute Gasteiger partial charge is 0.271 e. The van der Waals surface area contributed by atoms with Gasteiger partial charge < -0.3 is 10.2 Å². The van der Waals surface area contributed by atoms with E-state index in [0.29, 0.717) is 13.1 Å². The summed E-state index contributed by atoms with van der Waals surface area (Å²) in [5.74, 6) is -0.223. The molecule has 8 heteroatoms. The van der Waals surface area contributed by atoms with E-state index in [4.69, 9.17) is 11.6 Å². The molecule has 1 N–H and O–H groups in total. The summed E-state index contributed by atoms with van der Waals surface area (Å²) in [6.07, 6.45) is 0. The Hall–Kier alpha value is -1.37. The van der Waals surface area contributed by atoms with Gasteiger partial charge in [0.15, 0.2) is 0 Å². The highest BCUT2D eigenvalue weighted by molar-refractivity contribution is 6.31. The number of benzene rings is 1. The predicted molar refractivity (Wildman–Crippen MR) is 78.7 cm³/mol. The molecule has 2 rings (SSSR count). The lowest BCUT2D eigenvalue weighted by Gasteiger charge is -2.34. The molecule has 20 heavy (non-hydrogen) atoms. The van der Waals surface area contributed by atoms with Crippen LogP contribution < -0.4 is 5.32 Å². The van der Waals surface area contributed by atoms with Gasteiger partial charge in [-0.3, -0.25) is 14.9 Å². The van der Waals surface area contributed by atoms with Crippen molar-refractivity contribution < 1.29 is 9.72 Å². The molecule has 0 saturated carbocycles. The maximum atomic E-state index is 12.4. The number of carbonyl (C=O) groups excluding carboxylic acids is 1. The molecule has 1 unspecified atom stereocenters. The number of carbonyl (C=O) groups is 1. The van der Waals surface area contributed by atoms with Crippen LogP contribution in [0.5, 0.6) is 0 Å². The number of piperazine rings is 1. The Balaban J connectivity index is 0.00000200.